The highest BCUT2D eigenvalue weighted by Crippen LogP contribution is 2.47. The first kappa shape index (κ1) is 105. The first-order valence-corrected chi connectivity index (χ1v) is 50.4. The number of hydrogen-bond donors (Lipinski definition) is 8. The molecule has 722 valence electrons. The number of carbonyl (C=O) groups is 2. The molecular formula is C114H183FN8O6. The van der Waals surface area contributed by atoms with Crippen LogP contribution in [0.15, 0.2) is 115 Å². The molecule has 0 amide bonds. The Morgan fingerprint density at radius 1 is 0.264 bits per heavy atom. The van der Waals surface area contributed by atoms with Gasteiger partial charge in [0, 0.05) is 127 Å². The molecule has 8 heterocycles. The lowest BCUT2D eigenvalue weighted by Crippen LogP contribution is -2.59. The lowest BCUT2D eigenvalue weighted by molar-refractivity contribution is -0.154. The zero-order valence-electron chi connectivity index (χ0n) is 87.3. The van der Waals surface area contributed by atoms with Gasteiger partial charge in [0.15, 0.2) is 0 Å². The molecule has 0 aliphatic carbocycles. The molecule has 0 bridgehead atoms. The van der Waals surface area contributed by atoms with Crippen LogP contribution < -0.4 is 52.0 Å². The van der Waals surface area contributed by atoms with E-state index in [1.807, 2.05) is 30.3 Å². The van der Waals surface area contributed by atoms with E-state index in [0.717, 1.165) is 157 Å². The summed E-state index contributed by atoms with van der Waals surface area (Å²) >= 11 is 0. The molecule has 0 aromatic heterocycles. The summed E-state index contributed by atoms with van der Waals surface area (Å²) in [4.78, 5) is 24.6. The largest absolute Gasteiger partial charge is 0.493 e. The minimum atomic E-state index is -0.0723. The Bertz CT molecular complexity index is 4120. The summed E-state index contributed by atoms with van der Waals surface area (Å²) < 4.78 is 39.2. The smallest absolute Gasteiger partial charge is 0.306 e. The van der Waals surface area contributed by atoms with Gasteiger partial charge in [0.2, 0.25) is 0 Å². The molecule has 5 aromatic rings. The monoisotopic (exact) mass is 1780 g/mol. The van der Waals surface area contributed by atoms with Gasteiger partial charge in [0.25, 0.3) is 0 Å². The first-order chi connectivity index (χ1) is 59.2. The van der Waals surface area contributed by atoms with Gasteiger partial charge < -0.3 is 61.5 Å². The van der Waals surface area contributed by atoms with Crippen LogP contribution in [0.25, 0.3) is 22.3 Å². The molecule has 0 saturated carbocycles. The molecule has 15 heteroatoms. The molecule has 129 heavy (non-hydrogen) atoms. The van der Waals surface area contributed by atoms with Gasteiger partial charge in [-0.15, -0.1) is 0 Å². The van der Waals surface area contributed by atoms with E-state index >= 15 is 4.39 Å². The topological polar surface area (TPSA) is 167 Å². The Hall–Kier alpha value is -5.75. The number of rotatable bonds is 23. The third-order valence-electron chi connectivity index (χ3n) is 28.3. The van der Waals surface area contributed by atoms with E-state index in [4.69, 9.17) is 18.9 Å². The minimum Gasteiger partial charge on any atom is -0.493 e. The van der Waals surface area contributed by atoms with Crippen LogP contribution in [0, 0.1) is 17.7 Å². The van der Waals surface area contributed by atoms with Crippen LogP contribution in [0.5, 0.6) is 11.5 Å². The van der Waals surface area contributed by atoms with Crippen molar-refractivity contribution in [2.24, 2.45) is 11.8 Å². The van der Waals surface area contributed by atoms with Crippen LogP contribution in [0.2, 0.25) is 0 Å². The van der Waals surface area contributed by atoms with E-state index in [2.05, 4.69) is 343 Å². The summed E-state index contributed by atoms with van der Waals surface area (Å²) in [5.41, 5.74) is 11.4. The molecule has 8 aliphatic rings. The fraction of sp³-hybridized carbons (Fsp3) is 0.719. The summed E-state index contributed by atoms with van der Waals surface area (Å²) in [5, 5.41) is 29.8. The van der Waals surface area contributed by atoms with E-state index < -0.39 is 0 Å². The summed E-state index contributed by atoms with van der Waals surface area (Å²) in [6.45, 7) is 74.0. The zero-order valence-corrected chi connectivity index (χ0v) is 87.3. The average molecular weight is 1780 g/mol. The number of carbonyl (C=O) groups excluding carboxylic acids is 2. The third kappa shape index (κ3) is 33.9. The lowest BCUT2D eigenvalue weighted by atomic mass is 9.73. The highest BCUT2D eigenvalue weighted by Gasteiger charge is 2.47. The number of hydrogen-bond acceptors (Lipinski definition) is 14. The number of halogens is 1. The Labute approximate surface area is 785 Å². The first-order valence-electron chi connectivity index (χ1n) is 50.4. The summed E-state index contributed by atoms with van der Waals surface area (Å²) in [6.07, 6.45) is 23.9. The van der Waals surface area contributed by atoms with E-state index in [-0.39, 0.29) is 125 Å². The summed E-state index contributed by atoms with van der Waals surface area (Å²) in [5.74, 6) is 4.80. The Morgan fingerprint density at radius 2 is 0.473 bits per heavy atom. The van der Waals surface area contributed by atoms with Gasteiger partial charge in [-0.1, -0.05) is 111 Å². The molecular weight excluding hydrogens is 1600 g/mol. The van der Waals surface area contributed by atoms with Crippen LogP contribution in [0.1, 0.15) is 422 Å². The second-order valence-electron chi connectivity index (χ2n) is 52.5. The molecule has 0 atom stereocenters. The van der Waals surface area contributed by atoms with Gasteiger partial charge in [-0.25, -0.2) is 4.39 Å². The molecule has 8 N–H and O–H groups in total. The van der Waals surface area contributed by atoms with E-state index in [1.54, 1.807) is 6.07 Å². The SMILES string of the molecule is CC1(C)CC(COc2ccc(OCC3CC(C)(C)NC(C)(C)C3)cc2)CC(C)(C)N1.CC1(C)CC(OC(=O)CCCCCCCCC(=O)OC2CC(C)(C)NC(C)(C)C2)CC(C)(C)N1.CC1(C)CC(c2ccc(-c3ccc(C4CC(C)(C)NC(C)(C)C4)c(F)c3)cc2)CC(C)(C)N1.CC1(C)CC(c2ccc(-c3ccc(C4CC(C)(C)NC(C)(C)C4)cc3)cc2)CC(C)(C)N1. The highest BCUT2D eigenvalue weighted by molar-refractivity contribution is 5.70. The standard InChI is InChI=1S/C30H43FN2.C30H44N2.C28H52N2O4.C26H44N2O2/c1-27(2)16-23(17-28(3,4)32-27)21-11-9-20(10-12-21)22-13-14-25(26(31)15-22)24-18-29(5,6)33-30(7,8)19-24;1-27(2)17-25(18-28(3,4)31-27)23-13-9-21(10-14-23)22-11-15-24(16-12-22)26-19-29(5,6)32-30(7,8)20-26;1-25(2)17-21(18-26(3,4)29-25)33-23(31)15-13-11-9-10-12-14-16-24(32)34-22-19-27(5,6)30-28(7,8)20-22;1-23(2)13-19(14-24(3,4)27-23)17-29-21-9-11-22(12-10-21)30-18-20-15-25(5,6)28-26(7,8)16-20/h9-15,23-24,32-33H,16-19H2,1-8H3;9-16,25-26,31-32H,17-20H2,1-8H3;21-22,29-30H,9-20H2,1-8H3;9-12,19-20,27-28H,13-18H2,1-8H3. The van der Waals surface area contributed by atoms with Crippen LogP contribution in [-0.4, -0.2) is 126 Å². The van der Waals surface area contributed by atoms with Gasteiger partial charge in [0.05, 0.1) is 13.2 Å². The summed E-state index contributed by atoms with van der Waals surface area (Å²) in [7, 11) is 0. The van der Waals surface area contributed by atoms with Crippen molar-refractivity contribution in [1.82, 2.24) is 42.5 Å². The van der Waals surface area contributed by atoms with Crippen molar-refractivity contribution in [3.63, 3.8) is 0 Å². The molecule has 0 spiro atoms. The van der Waals surface area contributed by atoms with Gasteiger partial charge in [-0.05, 0) is 422 Å². The second-order valence-corrected chi connectivity index (χ2v) is 52.5. The van der Waals surface area contributed by atoms with Gasteiger partial charge >= 0.3 is 11.9 Å². The number of unbranched alkanes of at least 4 members (excludes halogenated alkanes) is 5. The second kappa shape index (κ2) is 40.7. The molecule has 5 aromatic carbocycles. The average Bonchev–Trinajstić information content (AvgIpc) is 0.749. The minimum absolute atomic E-state index is 0.000484. The van der Waals surface area contributed by atoms with Crippen molar-refractivity contribution in [3.8, 4) is 33.8 Å². The Morgan fingerprint density at radius 3 is 0.721 bits per heavy atom. The maximum absolute atomic E-state index is 15.3. The van der Waals surface area contributed by atoms with Crippen LogP contribution in [-0.2, 0) is 19.1 Å². The van der Waals surface area contributed by atoms with Crippen molar-refractivity contribution < 1.29 is 32.9 Å². The Balaban J connectivity index is 0.000000179. The van der Waals surface area contributed by atoms with Gasteiger partial charge in [-0.3, -0.25) is 9.59 Å². The summed E-state index contributed by atoms with van der Waals surface area (Å²) in [6, 6.07) is 41.6. The van der Waals surface area contributed by atoms with Crippen LogP contribution in [0.3, 0.4) is 0 Å². The van der Waals surface area contributed by atoms with Crippen LogP contribution >= 0.6 is 0 Å². The number of piperidine rings is 8. The van der Waals surface area contributed by atoms with E-state index in [0.29, 0.717) is 42.4 Å². The molecule has 0 radical (unpaired) electrons. The fourth-order valence-corrected chi connectivity index (χ4v) is 26.8. The molecule has 8 saturated heterocycles. The fourth-order valence-electron chi connectivity index (χ4n) is 26.8. The lowest BCUT2D eigenvalue weighted by Gasteiger charge is -2.47. The maximum Gasteiger partial charge on any atom is 0.306 e. The Kier molecular flexibility index (Phi) is 33.2. The van der Waals surface area contributed by atoms with Crippen molar-refractivity contribution in [2.75, 3.05) is 13.2 Å². The maximum atomic E-state index is 15.3. The normalized spacial score (nSPS) is 24.7. The molecule has 13 rings (SSSR count). The van der Waals surface area contributed by atoms with E-state index in [9.17, 15) is 9.59 Å². The van der Waals surface area contributed by atoms with Gasteiger partial charge in [0.1, 0.15) is 29.5 Å². The van der Waals surface area contributed by atoms with Crippen molar-refractivity contribution in [1.29, 1.82) is 0 Å². The zero-order chi connectivity index (χ0) is 95.4. The van der Waals surface area contributed by atoms with Gasteiger partial charge in [-0.2, -0.15) is 0 Å². The number of esters is 2. The number of ether oxygens (including phenoxy) is 4. The predicted octanol–water partition coefficient (Wildman–Crippen LogP) is 26.3. The van der Waals surface area contributed by atoms with Crippen molar-refractivity contribution in [2.45, 2.75) is 500 Å². The number of nitrogens with one attached hydrogen (secondary N) is 8. The third-order valence-corrected chi connectivity index (χ3v) is 28.3. The highest BCUT2D eigenvalue weighted by atomic mass is 19.1. The molecule has 8 fully saturated rings. The molecule has 14 nitrogen and oxygen atoms in total. The number of benzene rings is 5. The van der Waals surface area contributed by atoms with E-state index in [1.165, 1.54) is 53.5 Å². The predicted molar refractivity (Wildman–Crippen MR) is 540 cm³/mol. The van der Waals surface area contributed by atoms with Crippen LogP contribution in [0.4, 0.5) is 4.39 Å². The molecule has 0 unspecified atom stereocenters. The quantitative estimate of drug-likeness (QED) is 0.0230. The molecule has 8 aliphatic heterocycles. The van der Waals surface area contributed by atoms with Crippen molar-refractivity contribution >= 4 is 11.9 Å². The van der Waals surface area contributed by atoms with Crippen molar-refractivity contribution in [3.05, 3.63) is 143 Å².